The van der Waals surface area contributed by atoms with Crippen LogP contribution in [-0.2, 0) is 16.2 Å². The van der Waals surface area contributed by atoms with Crippen molar-refractivity contribution in [1.82, 2.24) is 0 Å². The number of benzene rings is 9. The predicted octanol–water partition coefficient (Wildman–Crippen LogP) is 18.2. The van der Waals surface area contributed by atoms with E-state index in [1.807, 2.05) is 6.07 Å². The number of para-hydroxylation sites is 3. The molecule has 0 amide bonds. The summed E-state index contributed by atoms with van der Waals surface area (Å²) < 4.78 is 6.70. The highest BCUT2D eigenvalue weighted by atomic mass is 16.3. The smallest absolute Gasteiger partial charge is 0.159 e. The molecular weight excluding hydrogens is 775 g/mol. The number of fused-ring (bicyclic) bond motifs is 9. The fourth-order valence-electron chi connectivity index (χ4n) is 10.00. The number of anilines is 3. The lowest BCUT2D eigenvalue weighted by molar-refractivity contribution is 0.590. The molecule has 0 saturated carbocycles. The number of nitrogens with zero attached hydrogens (tertiary/aromatic N) is 1. The van der Waals surface area contributed by atoms with Crippen LogP contribution in [0.15, 0.2) is 174 Å². The Bertz CT molecular complexity index is 3470. The molecule has 0 atom stereocenters. The zero-order valence-electron chi connectivity index (χ0n) is 38.5. The Morgan fingerprint density at radius 2 is 0.828 bits per heavy atom. The van der Waals surface area contributed by atoms with E-state index in [2.05, 4.69) is 231 Å². The molecule has 1 aliphatic carbocycles. The normalized spacial score (nSPS) is 12.8. The molecule has 1 aliphatic rings. The summed E-state index contributed by atoms with van der Waals surface area (Å²) in [4.78, 5) is 2.41. The van der Waals surface area contributed by atoms with Gasteiger partial charge < -0.3 is 9.32 Å². The molecule has 0 radical (unpaired) electrons. The zero-order valence-corrected chi connectivity index (χ0v) is 38.5. The van der Waals surface area contributed by atoms with Gasteiger partial charge in [-0.3, -0.25) is 0 Å². The summed E-state index contributed by atoms with van der Waals surface area (Å²) in [7, 11) is 0. The molecule has 0 unspecified atom stereocenters. The van der Waals surface area contributed by atoms with E-state index in [9.17, 15) is 0 Å². The molecule has 0 spiro atoms. The Kier molecular flexibility index (Phi) is 8.92. The Balaban J connectivity index is 1.05. The molecule has 1 aromatic heterocycles. The first-order valence-electron chi connectivity index (χ1n) is 22.8. The lowest BCUT2D eigenvalue weighted by atomic mass is 9.77. The third-order valence-electron chi connectivity index (χ3n) is 13.6. The summed E-state index contributed by atoms with van der Waals surface area (Å²) in [5, 5.41) is 7.21. The number of rotatable bonds is 5. The SMILES string of the molecule is CC(C)(C)c1ccc(-c2cc3cc4c(cc3cc2-c2ccc(C(C)(C)C)cc2)-c2cc3cc(N(c5ccccc5C(C)(C)C)c5cccc6c5oc5ccccc56)ccc3cc2-4)cc1. The summed E-state index contributed by atoms with van der Waals surface area (Å²) >= 11 is 0. The van der Waals surface area contributed by atoms with Crippen molar-refractivity contribution < 1.29 is 4.42 Å². The molecule has 314 valence electrons. The molecular formula is C62H55NO. The van der Waals surface area contributed by atoms with E-state index in [4.69, 9.17) is 4.42 Å². The minimum atomic E-state index is -0.0871. The van der Waals surface area contributed by atoms with Gasteiger partial charge in [0.2, 0.25) is 0 Å². The number of furan rings is 1. The van der Waals surface area contributed by atoms with Gasteiger partial charge in [0.25, 0.3) is 0 Å². The third-order valence-corrected chi connectivity index (χ3v) is 13.6. The largest absolute Gasteiger partial charge is 0.454 e. The highest BCUT2D eigenvalue weighted by Gasteiger charge is 2.28. The molecule has 2 heteroatoms. The molecule has 0 bridgehead atoms. The van der Waals surface area contributed by atoms with Gasteiger partial charge in [-0.25, -0.2) is 0 Å². The quantitative estimate of drug-likeness (QED) is 0.172. The van der Waals surface area contributed by atoms with Crippen LogP contribution in [0.4, 0.5) is 17.1 Å². The van der Waals surface area contributed by atoms with Crippen LogP contribution in [-0.4, -0.2) is 0 Å². The van der Waals surface area contributed by atoms with Crippen molar-refractivity contribution in [3.63, 3.8) is 0 Å². The van der Waals surface area contributed by atoms with Crippen LogP contribution in [0.5, 0.6) is 0 Å². The van der Waals surface area contributed by atoms with E-state index in [-0.39, 0.29) is 16.2 Å². The van der Waals surface area contributed by atoms with Crippen molar-refractivity contribution in [3.8, 4) is 44.5 Å². The molecule has 0 aliphatic heterocycles. The fourth-order valence-corrected chi connectivity index (χ4v) is 10.00. The van der Waals surface area contributed by atoms with Gasteiger partial charge >= 0.3 is 0 Å². The van der Waals surface area contributed by atoms with Crippen molar-refractivity contribution in [2.24, 2.45) is 0 Å². The number of hydrogen-bond donors (Lipinski definition) is 0. The monoisotopic (exact) mass is 829 g/mol. The minimum Gasteiger partial charge on any atom is -0.454 e. The van der Waals surface area contributed by atoms with Crippen LogP contribution in [0.1, 0.15) is 79.0 Å². The molecule has 0 fully saturated rings. The van der Waals surface area contributed by atoms with Gasteiger partial charge in [-0.05, 0) is 166 Å². The van der Waals surface area contributed by atoms with Gasteiger partial charge in [-0.1, -0.05) is 165 Å². The molecule has 1 heterocycles. The average molecular weight is 830 g/mol. The molecule has 11 rings (SSSR count). The summed E-state index contributed by atoms with van der Waals surface area (Å²) in [6.45, 7) is 20.6. The van der Waals surface area contributed by atoms with Crippen LogP contribution in [0.3, 0.4) is 0 Å². The molecule has 64 heavy (non-hydrogen) atoms. The van der Waals surface area contributed by atoms with Crippen LogP contribution >= 0.6 is 0 Å². The molecule has 2 nitrogen and oxygen atoms in total. The van der Waals surface area contributed by atoms with Crippen molar-refractivity contribution in [1.29, 1.82) is 0 Å². The Morgan fingerprint density at radius 3 is 1.39 bits per heavy atom. The summed E-state index contributed by atoms with van der Waals surface area (Å²) in [5.74, 6) is 0. The van der Waals surface area contributed by atoms with E-state index in [0.29, 0.717) is 0 Å². The van der Waals surface area contributed by atoms with Crippen LogP contribution in [0.2, 0.25) is 0 Å². The Labute approximate surface area is 377 Å². The van der Waals surface area contributed by atoms with E-state index < -0.39 is 0 Å². The summed E-state index contributed by atoms with van der Waals surface area (Å²) in [6, 6.07) is 63.6. The first kappa shape index (κ1) is 39.9. The maximum atomic E-state index is 6.70. The van der Waals surface area contributed by atoms with E-state index in [1.165, 1.54) is 82.7 Å². The lowest BCUT2D eigenvalue weighted by Crippen LogP contribution is -2.19. The van der Waals surface area contributed by atoms with Crippen molar-refractivity contribution in [2.45, 2.75) is 78.6 Å². The van der Waals surface area contributed by atoms with E-state index in [1.54, 1.807) is 0 Å². The first-order valence-corrected chi connectivity index (χ1v) is 22.8. The second-order valence-corrected chi connectivity index (χ2v) is 21.1. The molecule has 9 aromatic carbocycles. The summed E-state index contributed by atoms with van der Waals surface area (Å²) in [6.07, 6.45) is 0. The van der Waals surface area contributed by atoms with Crippen molar-refractivity contribution in [2.75, 3.05) is 4.90 Å². The average Bonchev–Trinajstić information content (AvgIpc) is 3.66. The van der Waals surface area contributed by atoms with Crippen molar-refractivity contribution >= 4 is 60.5 Å². The van der Waals surface area contributed by atoms with Crippen LogP contribution < -0.4 is 4.90 Å². The highest BCUT2D eigenvalue weighted by molar-refractivity contribution is 6.14. The minimum absolute atomic E-state index is 0.0871. The zero-order chi connectivity index (χ0) is 44.3. The van der Waals surface area contributed by atoms with Gasteiger partial charge in [0.15, 0.2) is 5.58 Å². The maximum absolute atomic E-state index is 6.70. The van der Waals surface area contributed by atoms with Crippen LogP contribution in [0, 0.1) is 0 Å². The molecule has 10 aromatic rings. The van der Waals surface area contributed by atoms with Gasteiger partial charge in [0.05, 0.1) is 5.69 Å². The number of hydrogen-bond acceptors (Lipinski definition) is 2. The topological polar surface area (TPSA) is 16.4 Å². The molecule has 0 N–H and O–H groups in total. The standard InChI is InChI=1S/C62H55NO/c1-60(2,3)44-26-21-38(22-27-44)49-33-42-36-53-51-32-40-25-30-46(31-41(40)35-52(51)54(53)37-43(42)34-50(49)39-23-28-45(29-24-39)61(4,5)6)63(56-18-12-11-17-55(56)62(7,8)9)57-19-14-16-48-47-15-10-13-20-58(47)64-59(48)57/h10-37H,1-9H3. The third kappa shape index (κ3) is 6.62. The second kappa shape index (κ2) is 14.3. The Morgan fingerprint density at radius 1 is 0.359 bits per heavy atom. The fraction of sp³-hybridized carbons (Fsp3) is 0.194. The van der Waals surface area contributed by atoms with Crippen LogP contribution in [0.25, 0.3) is 88.0 Å². The maximum Gasteiger partial charge on any atom is 0.159 e. The molecule has 0 saturated heterocycles. The highest BCUT2D eigenvalue weighted by Crippen LogP contribution is 2.52. The van der Waals surface area contributed by atoms with E-state index in [0.717, 1.165) is 39.0 Å². The first-order chi connectivity index (χ1) is 30.6. The van der Waals surface area contributed by atoms with Crippen molar-refractivity contribution in [3.05, 3.63) is 187 Å². The second-order valence-electron chi connectivity index (χ2n) is 21.1. The van der Waals surface area contributed by atoms with Gasteiger partial charge in [0.1, 0.15) is 5.58 Å². The van der Waals surface area contributed by atoms with Gasteiger partial charge in [-0.2, -0.15) is 0 Å². The summed E-state index contributed by atoms with van der Waals surface area (Å²) in [5.41, 5.74) is 19.4. The van der Waals surface area contributed by atoms with E-state index >= 15 is 0 Å². The van der Waals surface area contributed by atoms with Gasteiger partial charge in [-0.15, -0.1) is 0 Å². The van der Waals surface area contributed by atoms with Gasteiger partial charge in [0, 0.05) is 22.1 Å². The predicted molar refractivity (Wildman–Crippen MR) is 275 cm³/mol. The lowest BCUT2D eigenvalue weighted by Gasteiger charge is -2.32. The Hall–Kier alpha value is -6.90.